The Hall–Kier alpha value is -1.99. The summed E-state index contributed by atoms with van der Waals surface area (Å²) in [4.78, 5) is 8.33. The van der Waals surface area contributed by atoms with Gasteiger partial charge in [-0.2, -0.15) is 4.99 Å². The zero-order valence-corrected chi connectivity index (χ0v) is 16.0. The second kappa shape index (κ2) is 8.92. The number of benzene rings is 1. The van der Waals surface area contributed by atoms with Crippen LogP contribution in [0.2, 0.25) is 0 Å². The van der Waals surface area contributed by atoms with Crippen LogP contribution in [0.15, 0.2) is 41.7 Å². The lowest BCUT2D eigenvalue weighted by Gasteiger charge is -2.20. The molecule has 0 amide bonds. The van der Waals surface area contributed by atoms with E-state index in [4.69, 9.17) is 18.0 Å². The maximum absolute atomic E-state index is 14.2. The fourth-order valence-electron chi connectivity index (χ4n) is 2.41. The van der Waals surface area contributed by atoms with Gasteiger partial charge in [0.25, 0.3) is 0 Å². The van der Waals surface area contributed by atoms with Crippen LogP contribution in [0.5, 0.6) is 0 Å². The summed E-state index contributed by atoms with van der Waals surface area (Å²) in [6.07, 6.45) is 3.40. The number of anilines is 1. The Balaban J connectivity index is 2.62. The summed E-state index contributed by atoms with van der Waals surface area (Å²) < 4.78 is 14.2. The number of amidine groups is 1. The average Bonchev–Trinajstić information content (AvgIpc) is 2.56. The van der Waals surface area contributed by atoms with E-state index in [0.717, 1.165) is 28.1 Å². The first kappa shape index (κ1) is 19.3. The van der Waals surface area contributed by atoms with Gasteiger partial charge >= 0.3 is 0 Å². The maximum Gasteiger partial charge on any atom is 0.192 e. The maximum atomic E-state index is 14.2. The summed E-state index contributed by atoms with van der Waals surface area (Å²) in [6, 6.07) is 6.76. The molecule has 1 aromatic carbocycles. The van der Waals surface area contributed by atoms with E-state index < -0.39 is 0 Å². The second-order valence-electron chi connectivity index (χ2n) is 5.63. The zero-order valence-electron chi connectivity index (χ0n) is 14.4. The molecule has 1 aromatic heterocycles. The molecule has 0 fully saturated rings. The van der Waals surface area contributed by atoms with Gasteiger partial charge in [-0.05, 0) is 47.7 Å². The number of halogens is 1. The lowest BCUT2D eigenvalue weighted by atomic mass is 9.94. The minimum absolute atomic E-state index is 0.0552. The highest BCUT2D eigenvalue weighted by molar-refractivity contribution is 8.14. The third kappa shape index (κ3) is 5.24. The molecule has 0 bridgehead atoms. The van der Waals surface area contributed by atoms with Crippen molar-refractivity contribution in [2.24, 2.45) is 10.7 Å². The van der Waals surface area contributed by atoms with Crippen molar-refractivity contribution in [2.45, 2.75) is 26.7 Å². The molecule has 0 aliphatic rings. The van der Waals surface area contributed by atoms with Crippen LogP contribution in [0.1, 0.15) is 32.3 Å². The van der Waals surface area contributed by atoms with Crippen molar-refractivity contribution >= 4 is 39.9 Å². The van der Waals surface area contributed by atoms with Crippen molar-refractivity contribution in [1.82, 2.24) is 4.98 Å². The van der Waals surface area contributed by atoms with Crippen LogP contribution < -0.4 is 11.1 Å². The molecule has 0 atom stereocenters. The Bertz CT molecular complexity index is 776. The second-order valence-corrected chi connectivity index (χ2v) is 7.30. The third-order valence-corrected chi connectivity index (χ3v) is 4.30. The number of nitrogens with zero attached hydrogens (tertiary/aromatic N) is 2. The van der Waals surface area contributed by atoms with Gasteiger partial charge in [0.05, 0.1) is 5.69 Å². The number of aliphatic imine (C=N–C) groups is 1. The molecule has 2 aromatic rings. The molecule has 2 rings (SSSR count). The SMILES string of the molecule is CCSC(=NC(N)=S)Nc1c(-c2cccnc2)cc(F)cc1C(C)C. The molecular weight excluding hydrogens is 355 g/mol. The fraction of sp³-hybridized carbons (Fsp3) is 0.278. The quantitative estimate of drug-likeness (QED) is 0.457. The number of rotatable bonds is 4. The van der Waals surface area contributed by atoms with E-state index >= 15 is 0 Å². The lowest BCUT2D eigenvalue weighted by molar-refractivity contribution is 0.624. The van der Waals surface area contributed by atoms with Crippen LogP contribution in [-0.2, 0) is 0 Å². The van der Waals surface area contributed by atoms with E-state index in [2.05, 4.69) is 15.3 Å². The molecular formula is C18H21FN4S2. The van der Waals surface area contributed by atoms with E-state index in [9.17, 15) is 4.39 Å². The zero-order chi connectivity index (χ0) is 18.4. The number of nitrogens with one attached hydrogen (secondary N) is 1. The van der Waals surface area contributed by atoms with Crippen LogP contribution >= 0.6 is 24.0 Å². The van der Waals surface area contributed by atoms with Crippen molar-refractivity contribution in [2.75, 3.05) is 11.1 Å². The monoisotopic (exact) mass is 376 g/mol. The average molecular weight is 377 g/mol. The number of thioether (sulfide) groups is 1. The normalized spacial score (nSPS) is 11.6. The smallest absolute Gasteiger partial charge is 0.192 e. The van der Waals surface area contributed by atoms with Gasteiger partial charge in [0, 0.05) is 23.5 Å². The van der Waals surface area contributed by atoms with Gasteiger partial charge in [0.1, 0.15) is 5.82 Å². The number of hydrogen-bond donors (Lipinski definition) is 2. The Morgan fingerprint density at radius 3 is 2.76 bits per heavy atom. The van der Waals surface area contributed by atoms with Crippen molar-refractivity contribution in [3.63, 3.8) is 0 Å². The van der Waals surface area contributed by atoms with Gasteiger partial charge in [-0.25, -0.2) is 4.39 Å². The molecule has 7 heteroatoms. The molecule has 3 N–H and O–H groups in total. The van der Waals surface area contributed by atoms with Gasteiger partial charge < -0.3 is 11.1 Å². The van der Waals surface area contributed by atoms with Crippen LogP contribution in [0.25, 0.3) is 11.1 Å². The summed E-state index contributed by atoms with van der Waals surface area (Å²) in [5, 5.41) is 3.95. The summed E-state index contributed by atoms with van der Waals surface area (Å²) in [7, 11) is 0. The Morgan fingerprint density at radius 2 is 2.20 bits per heavy atom. The molecule has 0 spiro atoms. The minimum Gasteiger partial charge on any atom is -0.374 e. The molecule has 4 nitrogen and oxygen atoms in total. The first-order chi connectivity index (χ1) is 11.9. The highest BCUT2D eigenvalue weighted by atomic mass is 32.2. The van der Waals surface area contributed by atoms with Gasteiger partial charge in [-0.15, -0.1) is 0 Å². The summed E-state index contributed by atoms with van der Waals surface area (Å²) in [5.74, 6) is 0.630. The number of hydrogen-bond acceptors (Lipinski definition) is 3. The first-order valence-corrected chi connectivity index (χ1v) is 9.33. The Kier molecular flexibility index (Phi) is 6.90. The predicted octanol–water partition coefficient (Wildman–Crippen LogP) is 4.78. The summed E-state index contributed by atoms with van der Waals surface area (Å²) >= 11 is 6.39. The summed E-state index contributed by atoms with van der Waals surface area (Å²) in [6.45, 7) is 6.05. The van der Waals surface area contributed by atoms with E-state index in [0.29, 0.717) is 5.17 Å². The van der Waals surface area contributed by atoms with E-state index in [-0.39, 0.29) is 16.8 Å². The Labute approximate surface area is 157 Å². The molecule has 0 saturated carbocycles. The molecule has 0 unspecified atom stereocenters. The van der Waals surface area contributed by atoms with E-state index in [1.807, 2.05) is 32.9 Å². The molecule has 0 aliphatic heterocycles. The van der Waals surface area contributed by atoms with Crippen LogP contribution in [0.3, 0.4) is 0 Å². The van der Waals surface area contributed by atoms with Gasteiger partial charge in [0.2, 0.25) is 0 Å². The van der Waals surface area contributed by atoms with Crippen molar-refractivity contribution < 1.29 is 4.39 Å². The Morgan fingerprint density at radius 1 is 1.44 bits per heavy atom. The minimum atomic E-state index is -0.288. The number of thiocarbonyl (C=S) groups is 1. The molecule has 0 aliphatic carbocycles. The third-order valence-electron chi connectivity index (χ3n) is 3.45. The molecule has 0 radical (unpaired) electrons. The van der Waals surface area contributed by atoms with Crippen molar-refractivity contribution in [3.8, 4) is 11.1 Å². The highest BCUT2D eigenvalue weighted by Gasteiger charge is 2.17. The van der Waals surface area contributed by atoms with Gasteiger partial charge in [-0.3, -0.25) is 4.98 Å². The van der Waals surface area contributed by atoms with E-state index in [1.165, 1.54) is 17.8 Å². The fourth-order valence-corrected chi connectivity index (χ4v) is 3.17. The highest BCUT2D eigenvalue weighted by Crippen LogP contribution is 2.36. The molecule has 132 valence electrons. The number of nitrogens with two attached hydrogens (primary N) is 1. The standard InChI is InChI=1S/C18H21FN4S2/c1-4-25-18(23-17(20)24)22-16-14(11(2)3)8-13(19)9-15(16)12-6-5-7-21-10-12/h5-11H,4H2,1-3H3,(H3,20,22,23,24). The van der Waals surface area contributed by atoms with Gasteiger partial charge in [0.15, 0.2) is 10.3 Å². The largest absolute Gasteiger partial charge is 0.374 e. The van der Waals surface area contributed by atoms with Crippen LogP contribution in [-0.4, -0.2) is 21.0 Å². The topological polar surface area (TPSA) is 63.3 Å². The number of pyridine rings is 1. The molecule has 1 heterocycles. The molecule has 25 heavy (non-hydrogen) atoms. The van der Waals surface area contributed by atoms with Crippen LogP contribution in [0.4, 0.5) is 10.1 Å². The molecule has 0 saturated heterocycles. The van der Waals surface area contributed by atoms with Gasteiger partial charge in [-0.1, -0.05) is 38.6 Å². The number of aromatic nitrogens is 1. The van der Waals surface area contributed by atoms with E-state index in [1.54, 1.807) is 18.5 Å². The lowest BCUT2D eigenvalue weighted by Crippen LogP contribution is -2.16. The van der Waals surface area contributed by atoms with Crippen molar-refractivity contribution in [3.05, 3.63) is 48.0 Å². The predicted molar refractivity (Wildman–Crippen MR) is 110 cm³/mol. The van der Waals surface area contributed by atoms with Crippen LogP contribution in [0, 0.1) is 5.82 Å². The first-order valence-electron chi connectivity index (χ1n) is 7.94. The summed E-state index contributed by atoms with van der Waals surface area (Å²) in [5.41, 5.74) is 8.76. The van der Waals surface area contributed by atoms with Crippen molar-refractivity contribution in [1.29, 1.82) is 0 Å².